The lowest BCUT2D eigenvalue weighted by atomic mass is 9.79. The first kappa shape index (κ1) is 24.8. The lowest BCUT2D eigenvalue weighted by molar-refractivity contribution is -0.139. The summed E-state index contributed by atoms with van der Waals surface area (Å²) in [6.07, 6.45) is 4.45. The number of alkyl carbamates (subject to hydrolysis) is 1. The number of hydrogen-bond acceptors (Lipinski definition) is 4. The van der Waals surface area contributed by atoms with Gasteiger partial charge in [0.05, 0.1) is 12.0 Å². The number of rotatable bonds is 9. The molecule has 2 aliphatic carbocycles. The van der Waals surface area contributed by atoms with Gasteiger partial charge >= 0.3 is 12.1 Å². The number of ether oxygens (including phenoxy) is 1. The van der Waals surface area contributed by atoms with E-state index in [-0.39, 0.29) is 24.9 Å². The standard InChI is InChI=1S/C28H34N2O5/c1-2-10-24(26(33)30-28(17-25(31)32)15-8-3-9-16-28)29-27(34)35-18-23-21-13-6-4-11-19(21)20-12-5-7-14-22(20)23/h4-7,11-14,23-24H,2-3,8-10,15-18H2,1H3,(H,29,34)(H,30,33)(H,31,32)/t24-/m1/s1. The fourth-order valence-corrected chi connectivity index (χ4v) is 5.55. The summed E-state index contributed by atoms with van der Waals surface area (Å²) < 4.78 is 5.62. The molecule has 7 heteroatoms. The molecule has 0 saturated heterocycles. The van der Waals surface area contributed by atoms with Gasteiger partial charge in [0.2, 0.25) is 5.91 Å². The molecule has 186 valence electrons. The third kappa shape index (κ3) is 5.66. The van der Waals surface area contributed by atoms with Gasteiger partial charge in [0.15, 0.2) is 0 Å². The van der Waals surface area contributed by atoms with E-state index in [1.165, 1.54) is 0 Å². The van der Waals surface area contributed by atoms with E-state index >= 15 is 0 Å². The Balaban J connectivity index is 1.40. The number of fused-ring (bicyclic) bond motifs is 3. The Morgan fingerprint density at radius 2 is 1.60 bits per heavy atom. The SMILES string of the molecule is CCC[C@@H](NC(=O)OCC1c2ccccc2-c2ccccc21)C(=O)NC1(CC(=O)O)CCCCC1. The highest BCUT2D eigenvalue weighted by Crippen LogP contribution is 2.44. The minimum Gasteiger partial charge on any atom is -0.481 e. The molecule has 0 radical (unpaired) electrons. The van der Waals surface area contributed by atoms with Gasteiger partial charge in [-0.15, -0.1) is 0 Å². The maximum atomic E-state index is 13.1. The van der Waals surface area contributed by atoms with Gasteiger partial charge in [-0.3, -0.25) is 9.59 Å². The molecule has 1 fully saturated rings. The number of carboxylic acids is 1. The molecule has 0 heterocycles. The van der Waals surface area contributed by atoms with Crippen molar-refractivity contribution in [2.24, 2.45) is 0 Å². The second-order valence-corrected chi connectivity index (χ2v) is 9.71. The number of amides is 2. The number of benzene rings is 2. The Kier molecular flexibility index (Phi) is 7.73. The molecular formula is C28H34N2O5. The van der Waals surface area contributed by atoms with Gasteiger partial charge in [0, 0.05) is 5.92 Å². The van der Waals surface area contributed by atoms with Crippen molar-refractivity contribution < 1.29 is 24.2 Å². The molecule has 3 N–H and O–H groups in total. The molecular weight excluding hydrogens is 444 g/mol. The summed E-state index contributed by atoms with van der Waals surface area (Å²) in [7, 11) is 0. The average Bonchev–Trinajstić information content (AvgIpc) is 3.16. The Morgan fingerprint density at radius 1 is 1.00 bits per heavy atom. The Hall–Kier alpha value is -3.35. The van der Waals surface area contributed by atoms with Crippen LogP contribution in [0.3, 0.4) is 0 Å². The molecule has 2 aromatic rings. The van der Waals surface area contributed by atoms with Crippen LogP contribution < -0.4 is 10.6 Å². The van der Waals surface area contributed by atoms with Crippen molar-refractivity contribution in [2.75, 3.05) is 6.61 Å². The van der Waals surface area contributed by atoms with Gasteiger partial charge in [-0.1, -0.05) is 81.1 Å². The van der Waals surface area contributed by atoms with E-state index in [0.29, 0.717) is 25.7 Å². The number of nitrogens with one attached hydrogen (secondary N) is 2. The van der Waals surface area contributed by atoms with Crippen LogP contribution in [0.25, 0.3) is 11.1 Å². The first-order valence-corrected chi connectivity index (χ1v) is 12.6. The molecule has 1 atom stereocenters. The summed E-state index contributed by atoms with van der Waals surface area (Å²) in [6.45, 7) is 2.11. The largest absolute Gasteiger partial charge is 0.481 e. The van der Waals surface area contributed by atoms with Gasteiger partial charge in [0.25, 0.3) is 0 Å². The smallest absolute Gasteiger partial charge is 0.407 e. The van der Waals surface area contributed by atoms with Crippen molar-refractivity contribution in [2.45, 2.75) is 75.8 Å². The van der Waals surface area contributed by atoms with Crippen LogP contribution in [0.5, 0.6) is 0 Å². The second kappa shape index (κ2) is 10.9. The number of carbonyl (C=O) groups is 3. The van der Waals surface area contributed by atoms with E-state index in [1.54, 1.807) is 0 Å². The van der Waals surface area contributed by atoms with Crippen LogP contribution in [0.4, 0.5) is 4.79 Å². The minimum atomic E-state index is -0.927. The fraction of sp³-hybridized carbons (Fsp3) is 0.464. The van der Waals surface area contributed by atoms with Crippen molar-refractivity contribution >= 4 is 18.0 Å². The van der Waals surface area contributed by atoms with Crippen molar-refractivity contribution in [1.82, 2.24) is 10.6 Å². The summed E-state index contributed by atoms with van der Waals surface area (Å²) in [6, 6.07) is 15.5. The quantitative estimate of drug-likeness (QED) is 0.471. The van der Waals surface area contributed by atoms with Crippen LogP contribution in [0, 0.1) is 0 Å². The number of hydrogen-bond donors (Lipinski definition) is 3. The van der Waals surface area contributed by atoms with Crippen molar-refractivity contribution in [3.05, 3.63) is 59.7 Å². The zero-order valence-electron chi connectivity index (χ0n) is 20.2. The van der Waals surface area contributed by atoms with E-state index in [1.807, 2.05) is 31.2 Å². The predicted octanol–water partition coefficient (Wildman–Crippen LogP) is 4.99. The summed E-state index contributed by atoms with van der Waals surface area (Å²) >= 11 is 0. The highest BCUT2D eigenvalue weighted by molar-refractivity contribution is 5.87. The highest BCUT2D eigenvalue weighted by Gasteiger charge is 2.38. The van der Waals surface area contributed by atoms with Crippen molar-refractivity contribution in [1.29, 1.82) is 0 Å². The van der Waals surface area contributed by atoms with Crippen LogP contribution in [-0.4, -0.2) is 41.3 Å². The van der Waals surface area contributed by atoms with Crippen LogP contribution >= 0.6 is 0 Å². The third-order valence-electron chi connectivity index (χ3n) is 7.22. The minimum absolute atomic E-state index is 0.0623. The lowest BCUT2D eigenvalue weighted by Gasteiger charge is -2.38. The number of carboxylic acid groups (broad SMARTS) is 1. The molecule has 1 saturated carbocycles. The first-order chi connectivity index (χ1) is 16.9. The third-order valence-corrected chi connectivity index (χ3v) is 7.22. The lowest BCUT2D eigenvalue weighted by Crippen LogP contribution is -2.57. The van der Waals surface area contributed by atoms with Crippen molar-refractivity contribution in [3.63, 3.8) is 0 Å². The van der Waals surface area contributed by atoms with Crippen LogP contribution in [0.15, 0.2) is 48.5 Å². The zero-order chi connectivity index (χ0) is 24.8. The summed E-state index contributed by atoms with van der Waals surface area (Å²) in [4.78, 5) is 37.4. The normalized spacial score (nSPS) is 17.1. The summed E-state index contributed by atoms with van der Waals surface area (Å²) in [5.74, 6) is -1.33. The van der Waals surface area contributed by atoms with Gasteiger partial charge < -0.3 is 20.5 Å². The fourth-order valence-electron chi connectivity index (χ4n) is 5.55. The van der Waals surface area contributed by atoms with E-state index < -0.39 is 23.6 Å². The predicted molar refractivity (Wildman–Crippen MR) is 133 cm³/mol. The topological polar surface area (TPSA) is 105 Å². The number of aliphatic carboxylic acids is 1. The van der Waals surface area contributed by atoms with E-state index in [9.17, 15) is 19.5 Å². The molecule has 35 heavy (non-hydrogen) atoms. The van der Waals surface area contributed by atoms with E-state index in [4.69, 9.17) is 4.74 Å². The molecule has 7 nitrogen and oxygen atoms in total. The van der Waals surface area contributed by atoms with E-state index in [2.05, 4.69) is 34.9 Å². The summed E-state index contributed by atoms with van der Waals surface area (Å²) in [5, 5.41) is 15.1. The Labute approximate surface area is 206 Å². The molecule has 0 aromatic heterocycles. The van der Waals surface area contributed by atoms with Gasteiger partial charge in [-0.2, -0.15) is 0 Å². The second-order valence-electron chi connectivity index (χ2n) is 9.71. The summed E-state index contributed by atoms with van der Waals surface area (Å²) in [5.41, 5.74) is 3.79. The highest BCUT2D eigenvalue weighted by atomic mass is 16.5. The van der Waals surface area contributed by atoms with Crippen molar-refractivity contribution in [3.8, 4) is 11.1 Å². The average molecular weight is 479 g/mol. The van der Waals surface area contributed by atoms with E-state index in [0.717, 1.165) is 41.5 Å². The molecule has 2 aliphatic rings. The monoisotopic (exact) mass is 478 g/mol. The first-order valence-electron chi connectivity index (χ1n) is 12.6. The zero-order valence-corrected chi connectivity index (χ0v) is 20.2. The van der Waals surface area contributed by atoms with Crippen LogP contribution in [-0.2, 0) is 14.3 Å². The Bertz CT molecular complexity index is 1030. The van der Waals surface area contributed by atoms with Gasteiger partial charge in [0.1, 0.15) is 12.6 Å². The maximum Gasteiger partial charge on any atom is 0.407 e. The van der Waals surface area contributed by atoms with Crippen LogP contribution in [0.2, 0.25) is 0 Å². The molecule has 2 amide bonds. The molecule has 0 bridgehead atoms. The Morgan fingerprint density at radius 3 is 2.17 bits per heavy atom. The number of carbonyl (C=O) groups excluding carboxylic acids is 2. The molecule has 0 unspecified atom stereocenters. The molecule has 0 spiro atoms. The molecule has 2 aromatic carbocycles. The maximum absolute atomic E-state index is 13.1. The van der Waals surface area contributed by atoms with Gasteiger partial charge in [-0.25, -0.2) is 4.79 Å². The van der Waals surface area contributed by atoms with Gasteiger partial charge in [-0.05, 0) is 41.5 Å². The molecule has 4 rings (SSSR count). The van der Waals surface area contributed by atoms with Crippen LogP contribution in [0.1, 0.15) is 75.3 Å². The molecule has 0 aliphatic heterocycles.